The summed E-state index contributed by atoms with van der Waals surface area (Å²) >= 11 is 0. The highest BCUT2D eigenvalue weighted by Crippen LogP contribution is 2.40. The molecule has 1 aliphatic carbocycles. The molecule has 1 fully saturated rings. The van der Waals surface area contributed by atoms with Gasteiger partial charge in [-0.05, 0) is 63.1 Å². The molecule has 1 aliphatic rings. The second-order valence-corrected chi connectivity index (χ2v) is 11.3. The molecule has 11 heteroatoms. The maximum atomic E-state index is 13.8. The summed E-state index contributed by atoms with van der Waals surface area (Å²) < 4.78 is 11.0. The molecule has 42 heavy (non-hydrogen) atoms. The van der Waals surface area contributed by atoms with Gasteiger partial charge >= 0.3 is 5.97 Å². The molecule has 1 heterocycles. The topological polar surface area (TPSA) is 151 Å². The first-order chi connectivity index (χ1) is 20.0. The van der Waals surface area contributed by atoms with E-state index >= 15 is 0 Å². The average Bonchev–Trinajstić information content (AvgIpc) is 2.97. The summed E-state index contributed by atoms with van der Waals surface area (Å²) in [5, 5.41) is 17.1. The number of carbonyl (C=O) groups is 3. The second-order valence-electron chi connectivity index (χ2n) is 11.3. The van der Waals surface area contributed by atoms with Crippen LogP contribution < -0.4 is 21.5 Å². The van der Waals surface area contributed by atoms with Gasteiger partial charge in [-0.3, -0.25) is 30.1 Å². The number of esters is 1. The molecule has 2 amide bonds. The van der Waals surface area contributed by atoms with Gasteiger partial charge < -0.3 is 19.9 Å². The predicted molar refractivity (Wildman–Crippen MR) is 161 cm³/mol. The number of carbonyl (C=O) groups excluding carboxylic acids is 3. The van der Waals surface area contributed by atoms with E-state index in [-0.39, 0.29) is 12.0 Å². The highest BCUT2D eigenvalue weighted by molar-refractivity contribution is 5.91. The van der Waals surface area contributed by atoms with Gasteiger partial charge in [0, 0.05) is 25.6 Å². The minimum Gasteiger partial charge on any atom is -0.451 e. The average molecular weight is 584 g/mol. The van der Waals surface area contributed by atoms with Crippen LogP contribution in [-0.2, 0) is 23.9 Å². The lowest BCUT2D eigenvalue weighted by atomic mass is 9.72. The molecular weight excluding hydrogens is 538 g/mol. The summed E-state index contributed by atoms with van der Waals surface area (Å²) in [5.41, 5.74) is 6.53. The largest absolute Gasteiger partial charge is 0.451 e. The van der Waals surface area contributed by atoms with Crippen molar-refractivity contribution < 1.29 is 29.0 Å². The summed E-state index contributed by atoms with van der Waals surface area (Å²) in [6, 6.07) is 9.11. The molecule has 0 unspecified atom stereocenters. The number of pyridine rings is 1. The van der Waals surface area contributed by atoms with Crippen molar-refractivity contribution in [3.05, 3.63) is 47.7 Å². The smallest absolute Gasteiger partial charge is 0.316 e. The van der Waals surface area contributed by atoms with E-state index in [0.717, 1.165) is 22.2 Å². The van der Waals surface area contributed by atoms with Crippen molar-refractivity contribution in [2.24, 2.45) is 11.3 Å². The van der Waals surface area contributed by atoms with Gasteiger partial charge in [0.25, 0.3) is 11.8 Å². The van der Waals surface area contributed by atoms with Crippen LogP contribution >= 0.6 is 0 Å². The highest BCUT2D eigenvalue weighted by Gasteiger charge is 2.43. The Morgan fingerprint density at radius 1 is 1.10 bits per heavy atom. The molecule has 0 aliphatic heterocycles. The third-order valence-electron chi connectivity index (χ3n) is 7.66. The van der Waals surface area contributed by atoms with Crippen LogP contribution in [0, 0.1) is 11.3 Å². The lowest BCUT2D eigenvalue weighted by Crippen LogP contribution is -2.52. The molecule has 3 atom stereocenters. The van der Waals surface area contributed by atoms with Crippen LogP contribution in [0.5, 0.6) is 0 Å². The van der Waals surface area contributed by atoms with Crippen LogP contribution in [-0.4, -0.2) is 67.0 Å². The Bertz CT molecular complexity index is 1260. The number of fused-ring (bicyclic) bond motifs is 1. The number of aromatic nitrogens is 1. The first kappa shape index (κ1) is 33.1. The van der Waals surface area contributed by atoms with Gasteiger partial charge in [0.05, 0.1) is 29.5 Å². The van der Waals surface area contributed by atoms with Crippen LogP contribution in [0.4, 0.5) is 0 Å². The number of hydrazine groups is 1. The Morgan fingerprint density at radius 3 is 2.43 bits per heavy atom. The molecule has 0 bridgehead atoms. The molecule has 3 rings (SSSR count). The van der Waals surface area contributed by atoms with Gasteiger partial charge in [0.15, 0.2) is 6.10 Å². The standard InChI is InChI=1S/C31H45N5O6/c1-19(2)27(29(39)34-21(4)28(38)36-32-5)42-30(40)31(15-12-24(37)13-16-31)14-11-22-7-8-23-9-10-25(35-26(23)17-22)20(3)33-18-41-6/h7-11,14,17,19-21,24,27,32-33,37H,12-13,15-16,18H2,1-6H3,(H,34,39)(H,36,38)/b14-11+/t20-,21+,24-,27+,31-/m1/s1. The molecule has 5 N–H and O–H groups in total. The van der Waals surface area contributed by atoms with E-state index in [4.69, 9.17) is 14.5 Å². The number of benzene rings is 1. The molecule has 0 spiro atoms. The number of hydrogen-bond acceptors (Lipinski definition) is 9. The van der Waals surface area contributed by atoms with E-state index < -0.39 is 41.4 Å². The van der Waals surface area contributed by atoms with E-state index in [1.54, 1.807) is 34.9 Å². The van der Waals surface area contributed by atoms with Crippen molar-refractivity contribution in [2.45, 2.75) is 77.7 Å². The van der Waals surface area contributed by atoms with Crippen molar-refractivity contribution >= 4 is 34.8 Å². The van der Waals surface area contributed by atoms with E-state index in [0.29, 0.717) is 32.4 Å². The van der Waals surface area contributed by atoms with Crippen molar-refractivity contribution in [1.29, 1.82) is 0 Å². The molecule has 0 radical (unpaired) electrons. The summed E-state index contributed by atoms with van der Waals surface area (Å²) in [5.74, 6) is -1.81. The molecular formula is C31H45N5O6. The molecule has 0 saturated heterocycles. The van der Waals surface area contributed by atoms with E-state index in [9.17, 15) is 19.5 Å². The zero-order chi connectivity index (χ0) is 30.9. The summed E-state index contributed by atoms with van der Waals surface area (Å²) in [6.07, 6.45) is 3.79. The van der Waals surface area contributed by atoms with Crippen molar-refractivity contribution in [3.8, 4) is 0 Å². The first-order valence-corrected chi connectivity index (χ1v) is 14.5. The minimum atomic E-state index is -1.09. The monoisotopic (exact) mass is 583 g/mol. The zero-order valence-electron chi connectivity index (χ0n) is 25.4. The summed E-state index contributed by atoms with van der Waals surface area (Å²) in [7, 11) is 3.18. The van der Waals surface area contributed by atoms with Crippen molar-refractivity contribution in [3.63, 3.8) is 0 Å². The number of hydrogen-bond donors (Lipinski definition) is 5. The molecule has 230 valence electrons. The fourth-order valence-corrected chi connectivity index (χ4v) is 4.94. The number of amides is 2. The SMILES string of the molecule is CNNC(=O)[C@H](C)NC(=O)[C@@H](OC(=O)[C@]1(/C=C/c2ccc3ccc([C@@H](C)NCOC)nc3c2)CC[C@@H](O)CC1)C(C)C. The third-order valence-corrected chi connectivity index (χ3v) is 7.66. The number of aliphatic hydroxyl groups excluding tert-OH is 1. The Morgan fingerprint density at radius 2 is 1.79 bits per heavy atom. The molecule has 2 aromatic rings. The highest BCUT2D eigenvalue weighted by atomic mass is 16.6. The van der Waals surface area contributed by atoms with Crippen LogP contribution in [0.1, 0.15) is 70.7 Å². The Kier molecular flexibility index (Phi) is 12.0. The lowest BCUT2D eigenvalue weighted by Gasteiger charge is -2.36. The minimum absolute atomic E-state index is 0.00652. The van der Waals surface area contributed by atoms with Gasteiger partial charge in [-0.25, -0.2) is 5.43 Å². The van der Waals surface area contributed by atoms with E-state index in [1.807, 2.05) is 49.4 Å². The van der Waals surface area contributed by atoms with Crippen molar-refractivity contribution in [1.82, 2.24) is 26.5 Å². The first-order valence-electron chi connectivity index (χ1n) is 14.5. The Labute approximate surface area is 247 Å². The second kappa shape index (κ2) is 15.2. The van der Waals surface area contributed by atoms with Gasteiger partial charge in [-0.1, -0.05) is 44.2 Å². The number of methoxy groups -OCH3 is 1. The Hall–Kier alpha value is -3.38. The summed E-state index contributed by atoms with van der Waals surface area (Å²) in [4.78, 5) is 43.7. The number of rotatable bonds is 13. The molecule has 1 saturated carbocycles. The van der Waals surface area contributed by atoms with Crippen LogP contribution in [0.3, 0.4) is 0 Å². The van der Waals surface area contributed by atoms with Crippen molar-refractivity contribution in [2.75, 3.05) is 20.9 Å². The molecule has 11 nitrogen and oxygen atoms in total. The maximum absolute atomic E-state index is 13.8. The van der Waals surface area contributed by atoms with Gasteiger partial charge in [-0.2, -0.15) is 0 Å². The predicted octanol–water partition coefficient (Wildman–Crippen LogP) is 2.75. The van der Waals surface area contributed by atoms with Gasteiger partial charge in [0.1, 0.15) is 6.04 Å². The molecule has 1 aromatic carbocycles. The van der Waals surface area contributed by atoms with Gasteiger partial charge in [0.2, 0.25) is 0 Å². The maximum Gasteiger partial charge on any atom is 0.316 e. The van der Waals surface area contributed by atoms with E-state index in [2.05, 4.69) is 21.5 Å². The van der Waals surface area contributed by atoms with Crippen LogP contribution in [0.2, 0.25) is 0 Å². The molecule has 1 aromatic heterocycles. The Balaban J connectivity index is 1.84. The fraction of sp³-hybridized carbons (Fsp3) is 0.548. The summed E-state index contributed by atoms with van der Waals surface area (Å²) in [6.45, 7) is 7.55. The number of nitrogens with zero attached hydrogens (tertiary/aromatic N) is 1. The third kappa shape index (κ3) is 8.57. The number of nitrogens with one attached hydrogen (secondary N) is 4. The van der Waals surface area contributed by atoms with Crippen LogP contribution in [0.15, 0.2) is 36.4 Å². The quantitative estimate of drug-likeness (QED) is 0.136. The zero-order valence-corrected chi connectivity index (χ0v) is 25.4. The lowest BCUT2D eigenvalue weighted by molar-refractivity contribution is -0.168. The number of aliphatic hydroxyl groups is 1. The normalized spacial score (nSPS) is 21.2. The fourth-order valence-electron chi connectivity index (χ4n) is 4.94. The van der Waals surface area contributed by atoms with Gasteiger partial charge in [-0.15, -0.1) is 0 Å². The van der Waals surface area contributed by atoms with E-state index in [1.165, 1.54) is 0 Å². The number of ether oxygens (including phenoxy) is 2. The van der Waals surface area contributed by atoms with Crippen LogP contribution in [0.25, 0.3) is 17.0 Å².